The highest BCUT2D eigenvalue weighted by Gasteiger charge is 2.23. The number of hydrogen-bond acceptors (Lipinski definition) is 4. The molecule has 1 aromatic carbocycles. The summed E-state index contributed by atoms with van der Waals surface area (Å²) < 4.78 is 26.9. The molecule has 7 heteroatoms. The number of aromatic carboxylic acids is 1. The van der Waals surface area contributed by atoms with E-state index in [2.05, 4.69) is 16.6 Å². The average Bonchev–Trinajstić information content (AvgIpc) is 2.33. The van der Waals surface area contributed by atoms with Crippen molar-refractivity contribution in [3.05, 3.63) is 36.4 Å². The second kappa shape index (κ2) is 6.28. The van der Waals surface area contributed by atoms with Crippen LogP contribution in [0.2, 0.25) is 0 Å². The monoisotopic (exact) mass is 312 g/mol. The standard InChI is InChI=1S/C14H20N2O4S/c1-5-8-15-12-7-6-10(9-11(12)13(17)18)21(19,20)16-14(2,3)4/h5-7,9,15-16H,1,8H2,2-4H3,(H,17,18). The summed E-state index contributed by atoms with van der Waals surface area (Å²) >= 11 is 0. The summed E-state index contributed by atoms with van der Waals surface area (Å²) in [6.45, 7) is 9.05. The Labute approximate surface area is 124 Å². The lowest BCUT2D eigenvalue weighted by Gasteiger charge is -2.20. The minimum atomic E-state index is -3.77. The third-order valence-corrected chi connectivity index (χ3v) is 4.16. The van der Waals surface area contributed by atoms with Gasteiger partial charge in [-0.1, -0.05) is 6.08 Å². The van der Waals surface area contributed by atoms with Crippen LogP contribution in [0.15, 0.2) is 35.7 Å². The van der Waals surface area contributed by atoms with Crippen LogP contribution in [0.4, 0.5) is 5.69 Å². The molecule has 116 valence electrons. The van der Waals surface area contributed by atoms with Crippen LogP contribution in [0.5, 0.6) is 0 Å². The molecule has 0 aliphatic rings. The van der Waals surface area contributed by atoms with E-state index in [4.69, 9.17) is 0 Å². The minimum absolute atomic E-state index is 0.0843. The van der Waals surface area contributed by atoms with Crippen LogP contribution in [0.25, 0.3) is 0 Å². The van der Waals surface area contributed by atoms with Gasteiger partial charge in [0.2, 0.25) is 10.0 Å². The van der Waals surface area contributed by atoms with Crippen molar-refractivity contribution in [3.8, 4) is 0 Å². The van der Waals surface area contributed by atoms with Gasteiger partial charge in [-0.3, -0.25) is 0 Å². The molecule has 1 aromatic rings. The predicted octanol–water partition coefficient (Wildman–Crippen LogP) is 2.06. The van der Waals surface area contributed by atoms with Crippen molar-refractivity contribution in [2.75, 3.05) is 11.9 Å². The molecule has 0 spiro atoms. The Morgan fingerprint density at radius 2 is 2.00 bits per heavy atom. The number of nitrogens with one attached hydrogen (secondary N) is 2. The number of hydrogen-bond donors (Lipinski definition) is 3. The largest absolute Gasteiger partial charge is 0.478 e. The van der Waals surface area contributed by atoms with E-state index in [0.29, 0.717) is 12.2 Å². The molecule has 0 atom stereocenters. The average molecular weight is 312 g/mol. The SMILES string of the molecule is C=CCNc1ccc(S(=O)(=O)NC(C)(C)C)cc1C(=O)O. The first kappa shape index (κ1) is 17.2. The van der Waals surface area contributed by atoms with Gasteiger partial charge in [0.1, 0.15) is 0 Å². The summed E-state index contributed by atoms with van der Waals surface area (Å²) in [5.74, 6) is -1.20. The number of carboxylic acids is 1. The normalized spacial score (nSPS) is 12.0. The van der Waals surface area contributed by atoms with Gasteiger partial charge in [-0.15, -0.1) is 6.58 Å². The molecular formula is C14H20N2O4S. The van der Waals surface area contributed by atoms with E-state index in [1.54, 1.807) is 26.8 Å². The minimum Gasteiger partial charge on any atom is -0.478 e. The fourth-order valence-electron chi connectivity index (χ4n) is 1.67. The summed E-state index contributed by atoms with van der Waals surface area (Å²) in [4.78, 5) is 11.2. The number of sulfonamides is 1. The second-order valence-electron chi connectivity index (χ2n) is 5.54. The van der Waals surface area contributed by atoms with Gasteiger partial charge in [0, 0.05) is 17.8 Å². The lowest BCUT2D eigenvalue weighted by Crippen LogP contribution is -2.40. The Hall–Kier alpha value is -1.86. The molecule has 0 saturated carbocycles. The first-order chi connectivity index (χ1) is 9.57. The molecular weight excluding hydrogens is 292 g/mol. The molecule has 0 amide bonds. The third-order valence-electron chi connectivity index (χ3n) is 2.41. The molecule has 3 N–H and O–H groups in total. The molecule has 0 radical (unpaired) electrons. The summed E-state index contributed by atoms with van der Waals surface area (Å²) in [7, 11) is -3.77. The van der Waals surface area contributed by atoms with E-state index >= 15 is 0 Å². The molecule has 0 aromatic heterocycles. The van der Waals surface area contributed by atoms with Crippen molar-refractivity contribution in [1.29, 1.82) is 0 Å². The van der Waals surface area contributed by atoms with Gasteiger partial charge in [0.15, 0.2) is 0 Å². The summed E-state index contributed by atoms with van der Waals surface area (Å²) in [6.07, 6.45) is 1.58. The molecule has 21 heavy (non-hydrogen) atoms. The summed E-state index contributed by atoms with van der Waals surface area (Å²) in [5, 5.41) is 12.1. The number of rotatable bonds is 6. The fourth-order valence-corrected chi connectivity index (χ4v) is 3.11. The Bertz CT molecular complexity index is 645. The first-order valence-corrected chi connectivity index (χ1v) is 7.81. The Kier molecular flexibility index (Phi) is 5.14. The van der Waals surface area contributed by atoms with Crippen molar-refractivity contribution in [1.82, 2.24) is 4.72 Å². The van der Waals surface area contributed by atoms with Crippen LogP contribution >= 0.6 is 0 Å². The molecule has 1 rings (SSSR count). The molecule has 0 saturated heterocycles. The predicted molar refractivity (Wildman–Crippen MR) is 82.2 cm³/mol. The number of benzene rings is 1. The molecule has 0 heterocycles. The first-order valence-electron chi connectivity index (χ1n) is 6.33. The highest BCUT2D eigenvalue weighted by atomic mass is 32.2. The Balaban J connectivity index is 3.25. The van der Waals surface area contributed by atoms with Gasteiger partial charge in [-0.25, -0.2) is 17.9 Å². The van der Waals surface area contributed by atoms with Gasteiger partial charge >= 0.3 is 5.97 Å². The zero-order chi connectivity index (χ0) is 16.3. The quantitative estimate of drug-likeness (QED) is 0.699. The van der Waals surface area contributed by atoms with Gasteiger partial charge in [-0.2, -0.15) is 0 Å². The van der Waals surface area contributed by atoms with E-state index < -0.39 is 21.5 Å². The van der Waals surface area contributed by atoms with E-state index in [1.807, 2.05) is 0 Å². The summed E-state index contributed by atoms with van der Waals surface area (Å²) in [5.41, 5.74) is -0.409. The maximum atomic E-state index is 12.2. The maximum Gasteiger partial charge on any atom is 0.337 e. The van der Waals surface area contributed by atoms with Gasteiger partial charge in [0.05, 0.1) is 10.5 Å². The number of carboxylic acid groups (broad SMARTS) is 1. The molecule has 6 nitrogen and oxygen atoms in total. The number of anilines is 1. The lowest BCUT2D eigenvalue weighted by atomic mass is 10.1. The zero-order valence-electron chi connectivity index (χ0n) is 12.3. The number of carbonyl (C=O) groups is 1. The maximum absolute atomic E-state index is 12.2. The van der Waals surface area contributed by atoms with Gasteiger partial charge < -0.3 is 10.4 Å². The molecule has 0 bridgehead atoms. The van der Waals surface area contributed by atoms with Crippen LogP contribution in [-0.2, 0) is 10.0 Å². The fraction of sp³-hybridized carbons (Fsp3) is 0.357. The van der Waals surface area contributed by atoms with Crippen molar-refractivity contribution < 1.29 is 18.3 Å². The van der Waals surface area contributed by atoms with Crippen LogP contribution < -0.4 is 10.0 Å². The topological polar surface area (TPSA) is 95.5 Å². The van der Waals surface area contributed by atoms with Crippen molar-refractivity contribution >= 4 is 21.7 Å². The van der Waals surface area contributed by atoms with E-state index in [-0.39, 0.29) is 10.5 Å². The summed E-state index contributed by atoms with van der Waals surface area (Å²) in [6, 6.07) is 3.94. The Morgan fingerprint density at radius 3 is 2.48 bits per heavy atom. The van der Waals surface area contributed by atoms with Gasteiger partial charge in [-0.05, 0) is 39.0 Å². The van der Waals surface area contributed by atoms with Crippen LogP contribution in [-0.4, -0.2) is 31.6 Å². The van der Waals surface area contributed by atoms with Crippen molar-refractivity contribution in [3.63, 3.8) is 0 Å². The van der Waals surface area contributed by atoms with Crippen LogP contribution in [0.1, 0.15) is 31.1 Å². The van der Waals surface area contributed by atoms with Crippen molar-refractivity contribution in [2.24, 2.45) is 0 Å². The lowest BCUT2D eigenvalue weighted by molar-refractivity contribution is 0.0697. The highest BCUT2D eigenvalue weighted by Crippen LogP contribution is 2.21. The highest BCUT2D eigenvalue weighted by molar-refractivity contribution is 7.89. The van der Waals surface area contributed by atoms with E-state index in [0.717, 1.165) is 6.07 Å². The molecule has 0 aliphatic heterocycles. The smallest absolute Gasteiger partial charge is 0.337 e. The van der Waals surface area contributed by atoms with Crippen LogP contribution in [0, 0.1) is 0 Å². The third kappa shape index (κ3) is 4.87. The van der Waals surface area contributed by atoms with Gasteiger partial charge in [0.25, 0.3) is 0 Å². The molecule has 0 aliphatic carbocycles. The second-order valence-corrected chi connectivity index (χ2v) is 7.22. The molecule has 0 fully saturated rings. The van der Waals surface area contributed by atoms with Crippen molar-refractivity contribution in [2.45, 2.75) is 31.2 Å². The van der Waals surface area contributed by atoms with Crippen LogP contribution in [0.3, 0.4) is 0 Å². The molecule has 0 unspecified atom stereocenters. The van der Waals surface area contributed by atoms with E-state index in [9.17, 15) is 18.3 Å². The zero-order valence-corrected chi connectivity index (χ0v) is 13.1. The Morgan fingerprint density at radius 1 is 1.38 bits per heavy atom. The van der Waals surface area contributed by atoms with E-state index in [1.165, 1.54) is 12.1 Å².